The number of anilines is 2. The molecule has 0 saturated carbocycles. The van der Waals surface area contributed by atoms with Gasteiger partial charge in [0, 0.05) is 19.6 Å². The molecule has 0 bridgehead atoms. The van der Waals surface area contributed by atoms with Crippen LogP contribution in [0.5, 0.6) is 0 Å². The molecule has 20 heavy (non-hydrogen) atoms. The molecule has 1 aliphatic rings. The maximum Gasteiger partial charge on any atom is 0.231 e. The average Bonchev–Trinajstić information content (AvgIpc) is 2.89. The molecule has 0 aromatic carbocycles. The first-order valence-corrected chi connectivity index (χ1v) is 7.51. The Morgan fingerprint density at radius 1 is 1.25 bits per heavy atom. The Labute approximate surface area is 124 Å². The fraction of sp³-hybridized carbons (Fsp3) is 0.769. The maximum absolute atomic E-state index is 9.85. The zero-order valence-electron chi connectivity index (χ0n) is 12.0. The van der Waals surface area contributed by atoms with E-state index in [9.17, 15) is 5.11 Å². The summed E-state index contributed by atoms with van der Waals surface area (Å²) in [6.07, 6.45) is 2.63. The Morgan fingerprint density at radius 3 is 2.60 bits per heavy atom. The van der Waals surface area contributed by atoms with Crippen LogP contribution < -0.4 is 10.2 Å². The van der Waals surface area contributed by atoms with Crippen molar-refractivity contribution >= 4 is 23.5 Å². The van der Waals surface area contributed by atoms with Crippen molar-refractivity contribution in [2.24, 2.45) is 5.92 Å². The third kappa shape index (κ3) is 4.45. The van der Waals surface area contributed by atoms with Crippen molar-refractivity contribution < 1.29 is 5.11 Å². The lowest BCUT2D eigenvalue weighted by Gasteiger charge is -2.17. The topological polar surface area (TPSA) is 74.2 Å². The second-order valence-corrected chi connectivity index (χ2v) is 5.92. The Morgan fingerprint density at radius 2 is 1.95 bits per heavy atom. The number of aromatic nitrogens is 3. The van der Waals surface area contributed by atoms with Crippen LogP contribution in [0.15, 0.2) is 0 Å². The summed E-state index contributed by atoms with van der Waals surface area (Å²) in [5, 5.41) is 13.1. The number of aliphatic hydroxyl groups excluding tert-OH is 1. The first kappa shape index (κ1) is 15.3. The third-order valence-electron chi connectivity index (χ3n) is 3.22. The summed E-state index contributed by atoms with van der Waals surface area (Å²) in [6, 6.07) is 0. The molecule has 1 saturated heterocycles. The van der Waals surface area contributed by atoms with Crippen LogP contribution in [0.1, 0.15) is 33.1 Å². The highest BCUT2D eigenvalue weighted by Crippen LogP contribution is 2.18. The Balaban J connectivity index is 1.97. The highest BCUT2D eigenvalue weighted by molar-refractivity contribution is 6.28. The van der Waals surface area contributed by atoms with E-state index in [1.54, 1.807) is 0 Å². The molecule has 0 radical (unpaired) electrons. The van der Waals surface area contributed by atoms with Gasteiger partial charge in [0.15, 0.2) is 0 Å². The van der Waals surface area contributed by atoms with Gasteiger partial charge in [0.1, 0.15) is 0 Å². The molecule has 1 unspecified atom stereocenters. The van der Waals surface area contributed by atoms with Crippen molar-refractivity contribution in [2.45, 2.75) is 39.2 Å². The van der Waals surface area contributed by atoms with Crippen molar-refractivity contribution in [3.63, 3.8) is 0 Å². The number of aliphatic hydroxyl groups is 1. The van der Waals surface area contributed by atoms with Crippen LogP contribution in [-0.4, -0.2) is 45.8 Å². The predicted molar refractivity (Wildman–Crippen MR) is 80.2 cm³/mol. The van der Waals surface area contributed by atoms with E-state index in [2.05, 4.69) is 39.0 Å². The molecule has 2 rings (SSSR count). The zero-order valence-corrected chi connectivity index (χ0v) is 12.8. The summed E-state index contributed by atoms with van der Waals surface area (Å²) in [6.45, 7) is 6.48. The monoisotopic (exact) mass is 299 g/mol. The molecular formula is C13H22ClN5O. The van der Waals surface area contributed by atoms with E-state index in [4.69, 9.17) is 11.6 Å². The van der Waals surface area contributed by atoms with Crippen LogP contribution in [0.2, 0.25) is 5.28 Å². The minimum Gasteiger partial charge on any atom is -0.391 e. The van der Waals surface area contributed by atoms with E-state index < -0.39 is 6.10 Å². The van der Waals surface area contributed by atoms with Gasteiger partial charge in [-0.2, -0.15) is 15.0 Å². The van der Waals surface area contributed by atoms with Crippen LogP contribution in [0.3, 0.4) is 0 Å². The van der Waals surface area contributed by atoms with Crippen LogP contribution in [0.4, 0.5) is 11.9 Å². The molecule has 1 atom stereocenters. The molecule has 1 aromatic heterocycles. The molecular weight excluding hydrogens is 278 g/mol. The fourth-order valence-electron chi connectivity index (χ4n) is 2.31. The number of hydrogen-bond acceptors (Lipinski definition) is 6. The Bertz CT molecular complexity index is 437. The summed E-state index contributed by atoms with van der Waals surface area (Å²) in [4.78, 5) is 14.7. The summed E-state index contributed by atoms with van der Waals surface area (Å²) < 4.78 is 0. The zero-order chi connectivity index (χ0) is 14.5. The summed E-state index contributed by atoms with van der Waals surface area (Å²) in [5.41, 5.74) is 0. The first-order valence-electron chi connectivity index (χ1n) is 7.13. The van der Waals surface area contributed by atoms with Gasteiger partial charge in [-0.1, -0.05) is 13.8 Å². The standard InChI is InChI=1S/C13H22ClN5O/c1-9(2)7-10(20)8-15-12-16-11(14)17-13(18-12)19-5-3-4-6-19/h9-10,20H,3-8H2,1-2H3,(H,15,16,17,18). The summed E-state index contributed by atoms with van der Waals surface area (Å²) in [5.74, 6) is 1.49. The van der Waals surface area contributed by atoms with E-state index in [0.29, 0.717) is 24.4 Å². The van der Waals surface area contributed by atoms with Crippen LogP contribution in [-0.2, 0) is 0 Å². The summed E-state index contributed by atoms with van der Waals surface area (Å²) >= 11 is 5.94. The highest BCUT2D eigenvalue weighted by atomic mass is 35.5. The second kappa shape index (κ2) is 7.04. The van der Waals surface area contributed by atoms with Crippen molar-refractivity contribution in [1.82, 2.24) is 15.0 Å². The number of nitrogens with one attached hydrogen (secondary N) is 1. The molecule has 0 aliphatic carbocycles. The Hall–Kier alpha value is -1.14. The van der Waals surface area contributed by atoms with Crippen molar-refractivity contribution in [3.8, 4) is 0 Å². The van der Waals surface area contributed by atoms with Crippen LogP contribution >= 0.6 is 11.6 Å². The third-order valence-corrected chi connectivity index (χ3v) is 3.39. The number of nitrogens with zero attached hydrogens (tertiary/aromatic N) is 4. The lowest BCUT2D eigenvalue weighted by Crippen LogP contribution is -2.24. The van der Waals surface area contributed by atoms with Gasteiger partial charge in [-0.3, -0.25) is 0 Å². The molecule has 1 aromatic rings. The van der Waals surface area contributed by atoms with E-state index in [0.717, 1.165) is 32.4 Å². The van der Waals surface area contributed by atoms with Crippen LogP contribution in [0, 0.1) is 5.92 Å². The van der Waals surface area contributed by atoms with E-state index in [1.165, 1.54) is 0 Å². The van der Waals surface area contributed by atoms with Gasteiger partial charge < -0.3 is 15.3 Å². The molecule has 1 fully saturated rings. The number of rotatable bonds is 6. The number of halogens is 1. The molecule has 6 nitrogen and oxygen atoms in total. The smallest absolute Gasteiger partial charge is 0.231 e. The molecule has 0 amide bonds. The van der Waals surface area contributed by atoms with E-state index in [-0.39, 0.29) is 5.28 Å². The van der Waals surface area contributed by atoms with Gasteiger partial charge in [0.05, 0.1) is 6.10 Å². The largest absolute Gasteiger partial charge is 0.391 e. The quantitative estimate of drug-likeness (QED) is 0.836. The van der Waals surface area contributed by atoms with Gasteiger partial charge in [0.2, 0.25) is 17.2 Å². The molecule has 2 N–H and O–H groups in total. The Kier molecular flexibility index (Phi) is 5.37. The molecule has 7 heteroatoms. The van der Waals surface area contributed by atoms with Gasteiger partial charge in [-0.25, -0.2) is 0 Å². The lowest BCUT2D eigenvalue weighted by molar-refractivity contribution is 0.161. The molecule has 2 heterocycles. The minimum atomic E-state index is -0.416. The lowest BCUT2D eigenvalue weighted by atomic mass is 10.1. The minimum absolute atomic E-state index is 0.183. The van der Waals surface area contributed by atoms with Crippen molar-refractivity contribution in [1.29, 1.82) is 0 Å². The fourth-order valence-corrected chi connectivity index (χ4v) is 2.47. The maximum atomic E-state index is 9.85. The molecule has 1 aliphatic heterocycles. The average molecular weight is 300 g/mol. The first-order chi connectivity index (χ1) is 9.54. The molecule has 112 valence electrons. The highest BCUT2D eigenvalue weighted by Gasteiger charge is 2.17. The van der Waals surface area contributed by atoms with E-state index >= 15 is 0 Å². The van der Waals surface area contributed by atoms with E-state index in [1.807, 2.05) is 0 Å². The second-order valence-electron chi connectivity index (χ2n) is 5.59. The molecule has 0 spiro atoms. The SMILES string of the molecule is CC(C)CC(O)CNc1nc(Cl)nc(N2CCCC2)n1. The van der Waals surface area contributed by atoms with Gasteiger partial charge in [-0.05, 0) is 36.8 Å². The van der Waals surface area contributed by atoms with Crippen molar-refractivity contribution in [3.05, 3.63) is 5.28 Å². The number of hydrogen-bond donors (Lipinski definition) is 2. The summed E-state index contributed by atoms with van der Waals surface area (Å²) in [7, 11) is 0. The predicted octanol–water partition coefficient (Wildman–Crippen LogP) is 1.94. The van der Waals surface area contributed by atoms with Crippen molar-refractivity contribution in [2.75, 3.05) is 29.9 Å². The normalized spacial score (nSPS) is 16.8. The van der Waals surface area contributed by atoms with Gasteiger partial charge >= 0.3 is 0 Å². The van der Waals surface area contributed by atoms with Gasteiger partial charge in [-0.15, -0.1) is 0 Å². The van der Waals surface area contributed by atoms with Gasteiger partial charge in [0.25, 0.3) is 0 Å². The van der Waals surface area contributed by atoms with Crippen LogP contribution in [0.25, 0.3) is 0 Å².